The Morgan fingerprint density at radius 1 is 1.20 bits per heavy atom. The van der Waals surface area contributed by atoms with E-state index < -0.39 is 0 Å². The molecule has 25 heavy (non-hydrogen) atoms. The van der Waals surface area contributed by atoms with Gasteiger partial charge in [-0.2, -0.15) is 4.68 Å². The Hall–Kier alpha value is -2.67. The largest absolute Gasteiger partial charge is 0.326 e. The third-order valence-corrected chi connectivity index (χ3v) is 5.13. The molecule has 2 aromatic heterocycles. The van der Waals surface area contributed by atoms with Crippen molar-refractivity contribution >= 4 is 22.9 Å². The van der Waals surface area contributed by atoms with Crippen LogP contribution in [0.25, 0.3) is 5.13 Å². The highest BCUT2D eigenvalue weighted by atomic mass is 32.1. The van der Waals surface area contributed by atoms with Gasteiger partial charge in [-0.3, -0.25) is 14.7 Å². The zero-order valence-corrected chi connectivity index (χ0v) is 15.5. The summed E-state index contributed by atoms with van der Waals surface area (Å²) in [6, 6.07) is 7.54. The van der Waals surface area contributed by atoms with Gasteiger partial charge in [-0.25, -0.2) is 4.98 Å². The Morgan fingerprint density at radius 3 is 2.48 bits per heavy atom. The predicted octanol–water partition coefficient (Wildman–Crippen LogP) is 3.04. The Labute approximate surface area is 149 Å². The molecule has 0 bridgehead atoms. The maximum atomic E-state index is 12.7. The molecule has 6 nitrogen and oxygen atoms in total. The summed E-state index contributed by atoms with van der Waals surface area (Å²) in [4.78, 5) is 30.4. The molecule has 3 aromatic rings. The number of aryl methyl sites for hydroxylation is 4. The summed E-state index contributed by atoms with van der Waals surface area (Å²) in [6.45, 7) is 7.65. The van der Waals surface area contributed by atoms with E-state index in [-0.39, 0.29) is 17.9 Å². The zero-order valence-electron chi connectivity index (χ0n) is 14.6. The van der Waals surface area contributed by atoms with E-state index in [1.165, 1.54) is 16.0 Å². The topological polar surface area (TPSA) is 79.8 Å². The van der Waals surface area contributed by atoms with Gasteiger partial charge in [0, 0.05) is 21.8 Å². The van der Waals surface area contributed by atoms with Crippen molar-refractivity contribution in [2.45, 2.75) is 34.1 Å². The van der Waals surface area contributed by atoms with E-state index in [1.807, 2.05) is 45.0 Å². The molecule has 2 heterocycles. The SMILES string of the molecule is Cc1ccc(NC(=O)Cc2c(C)[nH]n(-c3nc(C)c(C)s3)c2=O)cc1. The summed E-state index contributed by atoms with van der Waals surface area (Å²) < 4.78 is 1.41. The second-order valence-corrected chi connectivity index (χ2v) is 7.27. The monoisotopic (exact) mass is 356 g/mol. The third-order valence-electron chi connectivity index (χ3n) is 4.07. The van der Waals surface area contributed by atoms with Crippen molar-refractivity contribution in [2.24, 2.45) is 0 Å². The number of carbonyl (C=O) groups is 1. The van der Waals surface area contributed by atoms with Gasteiger partial charge in [-0.05, 0) is 39.8 Å². The second kappa shape index (κ2) is 6.68. The lowest BCUT2D eigenvalue weighted by molar-refractivity contribution is -0.115. The lowest BCUT2D eigenvalue weighted by Crippen LogP contribution is -2.22. The van der Waals surface area contributed by atoms with Crippen LogP contribution in [0.15, 0.2) is 29.1 Å². The normalized spacial score (nSPS) is 10.9. The Morgan fingerprint density at radius 2 is 1.88 bits per heavy atom. The molecule has 130 valence electrons. The number of anilines is 1. The molecule has 3 rings (SSSR count). The van der Waals surface area contributed by atoms with Gasteiger partial charge in [0.2, 0.25) is 11.0 Å². The minimum atomic E-state index is -0.231. The molecule has 2 N–H and O–H groups in total. The van der Waals surface area contributed by atoms with Gasteiger partial charge < -0.3 is 5.32 Å². The summed E-state index contributed by atoms with van der Waals surface area (Å²) in [6.07, 6.45) is 0.0192. The Bertz CT molecular complexity index is 960. The lowest BCUT2D eigenvalue weighted by Gasteiger charge is -2.04. The van der Waals surface area contributed by atoms with E-state index in [0.29, 0.717) is 16.4 Å². The molecular weight excluding hydrogens is 336 g/mol. The second-order valence-electron chi connectivity index (χ2n) is 6.08. The van der Waals surface area contributed by atoms with Gasteiger partial charge in [-0.15, -0.1) is 0 Å². The van der Waals surface area contributed by atoms with Gasteiger partial charge in [0.15, 0.2) is 0 Å². The standard InChI is InChI=1S/C18H20N4O2S/c1-10-5-7-14(8-6-10)20-16(23)9-15-12(3)21-22(17(15)24)18-19-11(2)13(4)25-18/h5-8,21H,9H2,1-4H3,(H,20,23). The highest BCUT2D eigenvalue weighted by molar-refractivity contribution is 7.14. The molecule has 7 heteroatoms. The molecule has 0 fully saturated rings. The molecule has 0 saturated heterocycles. The van der Waals surface area contributed by atoms with Crippen LogP contribution in [0.3, 0.4) is 0 Å². The van der Waals surface area contributed by atoms with Crippen LogP contribution in [0, 0.1) is 27.7 Å². The van der Waals surface area contributed by atoms with E-state index in [0.717, 1.165) is 21.8 Å². The number of hydrogen-bond donors (Lipinski definition) is 2. The van der Waals surface area contributed by atoms with Crippen LogP contribution < -0.4 is 10.9 Å². The van der Waals surface area contributed by atoms with Gasteiger partial charge in [0.25, 0.3) is 5.56 Å². The first-order valence-electron chi connectivity index (χ1n) is 7.96. The molecule has 0 radical (unpaired) electrons. The number of aromatic nitrogens is 3. The maximum absolute atomic E-state index is 12.7. The summed E-state index contributed by atoms with van der Waals surface area (Å²) in [5.41, 5.74) is 3.64. The number of nitrogens with zero attached hydrogens (tertiary/aromatic N) is 2. The highest BCUT2D eigenvalue weighted by Gasteiger charge is 2.18. The third kappa shape index (κ3) is 3.56. The van der Waals surface area contributed by atoms with Crippen molar-refractivity contribution in [2.75, 3.05) is 5.32 Å². The van der Waals surface area contributed by atoms with Gasteiger partial charge in [0.1, 0.15) is 0 Å². The molecule has 0 atom stereocenters. The quantitative estimate of drug-likeness (QED) is 0.754. The Balaban J connectivity index is 1.82. The fourth-order valence-corrected chi connectivity index (χ4v) is 3.35. The number of H-pyrrole nitrogens is 1. The number of amides is 1. The first-order chi connectivity index (χ1) is 11.8. The van der Waals surface area contributed by atoms with E-state index >= 15 is 0 Å². The first-order valence-corrected chi connectivity index (χ1v) is 8.78. The van der Waals surface area contributed by atoms with Crippen LogP contribution in [-0.2, 0) is 11.2 Å². The number of thiazole rings is 1. The van der Waals surface area contributed by atoms with E-state index in [9.17, 15) is 9.59 Å². The van der Waals surface area contributed by atoms with Gasteiger partial charge >= 0.3 is 0 Å². The average molecular weight is 356 g/mol. The molecular formula is C18H20N4O2S. The molecule has 1 amide bonds. The number of carbonyl (C=O) groups excluding carboxylic acids is 1. The molecule has 0 unspecified atom stereocenters. The number of rotatable bonds is 4. The summed E-state index contributed by atoms with van der Waals surface area (Å²) in [5.74, 6) is -0.221. The van der Waals surface area contributed by atoms with Crippen LogP contribution in [-0.4, -0.2) is 20.7 Å². The smallest absolute Gasteiger partial charge is 0.277 e. The molecule has 0 spiro atoms. The predicted molar refractivity (Wildman–Crippen MR) is 99.8 cm³/mol. The van der Waals surface area contributed by atoms with Crippen LogP contribution in [0.1, 0.15) is 27.4 Å². The van der Waals surface area contributed by atoms with Crippen molar-refractivity contribution < 1.29 is 4.79 Å². The summed E-state index contributed by atoms with van der Waals surface area (Å²) in [7, 11) is 0. The van der Waals surface area contributed by atoms with Crippen LogP contribution in [0.2, 0.25) is 0 Å². The molecule has 0 aliphatic heterocycles. The molecule has 0 aliphatic rings. The fourth-order valence-electron chi connectivity index (χ4n) is 2.48. The van der Waals surface area contributed by atoms with Crippen LogP contribution >= 0.6 is 11.3 Å². The Kier molecular flexibility index (Phi) is 4.59. The van der Waals surface area contributed by atoms with E-state index in [4.69, 9.17) is 0 Å². The van der Waals surface area contributed by atoms with Crippen molar-refractivity contribution in [1.29, 1.82) is 0 Å². The van der Waals surface area contributed by atoms with Gasteiger partial charge in [-0.1, -0.05) is 29.0 Å². The van der Waals surface area contributed by atoms with E-state index in [1.54, 1.807) is 6.92 Å². The average Bonchev–Trinajstić information content (AvgIpc) is 3.03. The lowest BCUT2D eigenvalue weighted by atomic mass is 10.1. The van der Waals surface area contributed by atoms with Crippen molar-refractivity contribution in [3.63, 3.8) is 0 Å². The minimum absolute atomic E-state index is 0.0192. The molecule has 0 saturated carbocycles. The summed E-state index contributed by atoms with van der Waals surface area (Å²) in [5, 5.41) is 6.43. The highest BCUT2D eigenvalue weighted by Crippen LogP contribution is 2.19. The maximum Gasteiger partial charge on any atom is 0.277 e. The molecule has 1 aromatic carbocycles. The number of nitrogens with one attached hydrogen (secondary N) is 2. The first kappa shape index (κ1) is 17.2. The van der Waals surface area contributed by atoms with Crippen molar-refractivity contribution in [3.8, 4) is 5.13 Å². The van der Waals surface area contributed by atoms with Crippen molar-refractivity contribution in [1.82, 2.24) is 14.8 Å². The summed E-state index contributed by atoms with van der Waals surface area (Å²) >= 11 is 1.45. The number of aromatic amines is 1. The molecule has 0 aliphatic carbocycles. The van der Waals surface area contributed by atoms with Crippen molar-refractivity contribution in [3.05, 3.63) is 62.0 Å². The van der Waals surface area contributed by atoms with E-state index in [2.05, 4.69) is 15.4 Å². The zero-order chi connectivity index (χ0) is 18.1. The fraction of sp³-hybridized carbons (Fsp3) is 0.278. The van der Waals surface area contributed by atoms with Crippen LogP contribution in [0.4, 0.5) is 5.69 Å². The van der Waals surface area contributed by atoms with Crippen LogP contribution in [0.5, 0.6) is 0 Å². The number of hydrogen-bond acceptors (Lipinski definition) is 4. The van der Waals surface area contributed by atoms with Gasteiger partial charge in [0.05, 0.1) is 12.1 Å². The minimum Gasteiger partial charge on any atom is -0.326 e. The number of benzene rings is 1.